The second-order valence-corrected chi connectivity index (χ2v) is 8.82. The highest BCUT2D eigenvalue weighted by molar-refractivity contribution is 7.90. The van der Waals surface area contributed by atoms with Gasteiger partial charge >= 0.3 is 0 Å². The minimum atomic E-state index is -4.70. The lowest BCUT2D eigenvalue weighted by molar-refractivity contribution is 0.0931. The molecule has 0 fully saturated rings. The normalized spacial score (nSPS) is 22.2. The quantitative estimate of drug-likeness (QED) is 0.433. The average molecular weight is 419 g/mol. The number of rotatable bonds is 5. The minimum absolute atomic E-state index is 0.0859. The molecular formula is C20H19ClN2O4S. The van der Waals surface area contributed by atoms with E-state index in [1.54, 1.807) is 48.5 Å². The Bertz CT molecular complexity index is 1060. The van der Waals surface area contributed by atoms with Crippen molar-refractivity contribution in [2.75, 3.05) is 5.32 Å². The van der Waals surface area contributed by atoms with Gasteiger partial charge in [0.25, 0.3) is 10.1 Å². The van der Waals surface area contributed by atoms with E-state index in [0.717, 1.165) is 5.69 Å². The number of anilines is 1. The molecule has 1 aromatic carbocycles. The monoisotopic (exact) mass is 418 g/mol. The van der Waals surface area contributed by atoms with E-state index in [1.807, 2.05) is 6.92 Å². The molecule has 0 amide bonds. The van der Waals surface area contributed by atoms with Crippen LogP contribution in [0.4, 0.5) is 5.69 Å². The van der Waals surface area contributed by atoms with Gasteiger partial charge in [-0.05, 0) is 32.1 Å². The number of benzene rings is 1. The molecule has 1 heterocycles. The van der Waals surface area contributed by atoms with Crippen molar-refractivity contribution in [1.82, 2.24) is 4.98 Å². The summed E-state index contributed by atoms with van der Waals surface area (Å²) in [6.07, 6.45) is 4.52. The number of aromatic nitrogens is 1. The van der Waals surface area contributed by atoms with Crippen LogP contribution < -0.4 is 5.32 Å². The highest BCUT2D eigenvalue weighted by Crippen LogP contribution is 2.43. The Morgan fingerprint density at radius 1 is 1.21 bits per heavy atom. The molecule has 6 nitrogen and oxygen atoms in total. The number of carbonyl (C=O) groups excluding carboxylic acids is 1. The highest BCUT2D eigenvalue weighted by Gasteiger charge is 2.47. The third-order valence-electron chi connectivity index (χ3n) is 4.52. The van der Waals surface area contributed by atoms with Gasteiger partial charge in [0.1, 0.15) is 4.91 Å². The standard InChI is InChI=1S/C20H19ClN2O4S/c1-13-8-9-15(12-22-13)23-17-11-10-16(18(24)14-6-4-3-5-7-14)20(2,21)19(17)28(25,26)27/h3-12,16,23H,1-2H3,(H,25,26,27). The smallest absolute Gasteiger partial charge is 0.294 e. The van der Waals surface area contributed by atoms with Crippen molar-refractivity contribution in [3.63, 3.8) is 0 Å². The number of allylic oxidation sites excluding steroid dienone is 3. The number of ketones is 1. The largest absolute Gasteiger partial charge is 0.353 e. The number of halogens is 1. The lowest BCUT2D eigenvalue weighted by Gasteiger charge is -2.34. The molecule has 0 radical (unpaired) electrons. The summed E-state index contributed by atoms with van der Waals surface area (Å²) >= 11 is 6.59. The number of alkyl halides is 1. The molecule has 0 aliphatic heterocycles. The van der Waals surface area contributed by atoms with Gasteiger partial charge in [0.2, 0.25) is 0 Å². The molecule has 2 unspecified atom stereocenters. The number of nitrogens with zero attached hydrogens (tertiary/aromatic N) is 1. The van der Waals surface area contributed by atoms with Crippen molar-refractivity contribution >= 4 is 33.2 Å². The first-order chi connectivity index (χ1) is 13.1. The van der Waals surface area contributed by atoms with Crippen molar-refractivity contribution in [1.29, 1.82) is 0 Å². The SMILES string of the molecule is Cc1ccc(NC2=C(S(=O)(=O)O)C(C)(Cl)C(C(=O)c3ccccc3)C=C2)cn1. The van der Waals surface area contributed by atoms with Crippen LogP contribution in [0.3, 0.4) is 0 Å². The molecule has 0 bridgehead atoms. The van der Waals surface area contributed by atoms with Gasteiger partial charge in [-0.25, -0.2) is 0 Å². The fourth-order valence-electron chi connectivity index (χ4n) is 3.16. The zero-order valence-corrected chi connectivity index (χ0v) is 16.8. The number of hydrogen-bond donors (Lipinski definition) is 2. The zero-order chi connectivity index (χ0) is 20.5. The molecule has 28 heavy (non-hydrogen) atoms. The summed E-state index contributed by atoms with van der Waals surface area (Å²) in [4.78, 5) is 14.9. The molecule has 2 aromatic rings. The van der Waals surface area contributed by atoms with Crippen LogP contribution in [-0.4, -0.2) is 28.6 Å². The lowest BCUT2D eigenvalue weighted by atomic mass is 9.82. The van der Waals surface area contributed by atoms with Gasteiger partial charge in [-0.1, -0.05) is 36.4 Å². The number of hydrogen-bond acceptors (Lipinski definition) is 5. The summed E-state index contributed by atoms with van der Waals surface area (Å²) in [7, 11) is -4.70. The first-order valence-electron chi connectivity index (χ1n) is 8.49. The Hall–Kier alpha value is -2.48. The van der Waals surface area contributed by atoms with E-state index in [2.05, 4.69) is 10.3 Å². The molecule has 1 aliphatic rings. The number of nitrogens with one attached hydrogen (secondary N) is 1. The van der Waals surface area contributed by atoms with Crippen LogP contribution in [0.25, 0.3) is 0 Å². The topological polar surface area (TPSA) is 96.4 Å². The maximum absolute atomic E-state index is 12.9. The molecule has 3 rings (SSSR count). The van der Waals surface area contributed by atoms with Gasteiger partial charge in [-0.2, -0.15) is 8.42 Å². The Kier molecular flexibility index (Phi) is 5.43. The Labute approximate surface area is 168 Å². The number of Topliss-reactive ketones (excluding diaryl/α,β-unsaturated/α-hetero) is 1. The van der Waals surface area contributed by atoms with Crippen molar-refractivity contribution < 1.29 is 17.8 Å². The number of aryl methyl sites for hydroxylation is 1. The van der Waals surface area contributed by atoms with Crippen molar-refractivity contribution in [2.45, 2.75) is 18.7 Å². The molecule has 0 saturated carbocycles. The molecule has 1 aliphatic carbocycles. The Balaban J connectivity index is 2.05. The molecule has 2 atom stereocenters. The minimum Gasteiger partial charge on any atom is -0.353 e. The van der Waals surface area contributed by atoms with Crippen LogP contribution in [0.1, 0.15) is 23.0 Å². The first kappa shape index (κ1) is 20.3. The van der Waals surface area contributed by atoms with Crippen molar-refractivity contribution in [2.24, 2.45) is 5.92 Å². The predicted octanol–water partition coefficient (Wildman–Crippen LogP) is 3.97. The van der Waals surface area contributed by atoms with Crippen LogP contribution >= 0.6 is 11.6 Å². The Morgan fingerprint density at radius 3 is 2.46 bits per heavy atom. The number of pyridine rings is 1. The predicted molar refractivity (Wildman–Crippen MR) is 109 cm³/mol. The summed E-state index contributed by atoms with van der Waals surface area (Å²) < 4.78 is 34.2. The molecule has 1 aromatic heterocycles. The summed E-state index contributed by atoms with van der Waals surface area (Å²) in [5, 5.41) is 2.91. The first-order valence-corrected chi connectivity index (χ1v) is 10.3. The van der Waals surface area contributed by atoms with Crippen LogP contribution in [0.15, 0.2) is 71.4 Å². The van der Waals surface area contributed by atoms with E-state index < -0.39 is 25.8 Å². The van der Waals surface area contributed by atoms with E-state index in [0.29, 0.717) is 11.3 Å². The van der Waals surface area contributed by atoms with Crippen LogP contribution in [0, 0.1) is 12.8 Å². The average Bonchev–Trinajstić information content (AvgIpc) is 2.62. The molecule has 146 valence electrons. The second-order valence-electron chi connectivity index (χ2n) is 6.67. The molecular weight excluding hydrogens is 400 g/mol. The van der Waals surface area contributed by atoms with E-state index in [1.165, 1.54) is 19.2 Å². The fourth-order valence-corrected chi connectivity index (χ4v) is 4.75. The Morgan fingerprint density at radius 2 is 1.89 bits per heavy atom. The van der Waals surface area contributed by atoms with Gasteiger partial charge in [-0.15, -0.1) is 11.6 Å². The third kappa shape index (κ3) is 4.01. The van der Waals surface area contributed by atoms with E-state index in [9.17, 15) is 17.8 Å². The van der Waals surface area contributed by atoms with E-state index in [4.69, 9.17) is 11.6 Å². The lowest BCUT2D eigenvalue weighted by Crippen LogP contribution is -2.41. The van der Waals surface area contributed by atoms with Gasteiger partial charge in [0.15, 0.2) is 5.78 Å². The molecule has 2 N–H and O–H groups in total. The summed E-state index contributed by atoms with van der Waals surface area (Å²) in [5.41, 5.74) is 1.80. The summed E-state index contributed by atoms with van der Waals surface area (Å²) in [5.74, 6) is -1.32. The van der Waals surface area contributed by atoms with Crippen molar-refractivity contribution in [3.05, 3.63) is 82.7 Å². The maximum atomic E-state index is 12.9. The molecule has 0 spiro atoms. The van der Waals surface area contributed by atoms with Gasteiger partial charge in [-0.3, -0.25) is 14.3 Å². The van der Waals surface area contributed by atoms with Gasteiger partial charge in [0, 0.05) is 11.3 Å². The second kappa shape index (κ2) is 7.50. The molecule has 8 heteroatoms. The summed E-state index contributed by atoms with van der Waals surface area (Å²) in [6, 6.07) is 11.9. The molecule has 0 saturated heterocycles. The summed E-state index contributed by atoms with van der Waals surface area (Å²) in [6.45, 7) is 3.23. The zero-order valence-electron chi connectivity index (χ0n) is 15.3. The third-order valence-corrected chi connectivity index (χ3v) is 6.21. The number of carbonyl (C=O) groups is 1. The van der Waals surface area contributed by atoms with Crippen molar-refractivity contribution in [3.8, 4) is 0 Å². The van der Waals surface area contributed by atoms with Crippen LogP contribution in [0.2, 0.25) is 0 Å². The van der Waals surface area contributed by atoms with E-state index in [-0.39, 0.29) is 11.5 Å². The fraction of sp³-hybridized carbons (Fsp3) is 0.200. The highest BCUT2D eigenvalue weighted by atomic mass is 35.5. The van der Waals surface area contributed by atoms with Crippen LogP contribution in [-0.2, 0) is 10.1 Å². The van der Waals surface area contributed by atoms with Gasteiger partial charge < -0.3 is 5.32 Å². The van der Waals surface area contributed by atoms with E-state index >= 15 is 0 Å². The maximum Gasteiger partial charge on any atom is 0.294 e. The van der Waals surface area contributed by atoms with Crippen LogP contribution in [0.5, 0.6) is 0 Å². The van der Waals surface area contributed by atoms with Gasteiger partial charge in [0.05, 0.1) is 28.4 Å².